The number of carbonyl (C=O) groups is 1. The number of hydrogen-bond acceptors (Lipinski definition) is 5. The number of halogens is 2. The minimum Gasteiger partial charge on any atom is -0.489 e. The minimum atomic E-state index is -0.787. The highest BCUT2D eigenvalue weighted by atomic mass is 35.5. The van der Waals surface area contributed by atoms with Crippen LogP contribution in [0, 0.1) is 5.82 Å². The first kappa shape index (κ1) is 31.0. The van der Waals surface area contributed by atoms with E-state index < -0.39 is 5.97 Å². The van der Waals surface area contributed by atoms with Crippen LogP contribution in [0.3, 0.4) is 0 Å². The minimum absolute atomic E-state index is 0. The van der Waals surface area contributed by atoms with E-state index in [0.29, 0.717) is 26.2 Å². The van der Waals surface area contributed by atoms with E-state index in [-0.39, 0.29) is 36.4 Å². The summed E-state index contributed by atoms with van der Waals surface area (Å²) in [5.74, 6) is -0.236. The summed E-state index contributed by atoms with van der Waals surface area (Å²) < 4.78 is 31.9. The Morgan fingerprint density at radius 1 is 0.951 bits per heavy atom. The number of hydrogen-bond donors (Lipinski definition) is 1. The van der Waals surface area contributed by atoms with Crippen LogP contribution >= 0.6 is 12.4 Å². The molecule has 1 N–H and O–H groups in total. The average Bonchev–Trinajstić information content (AvgIpc) is 2.97. The lowest BCUT2D eigenvalue weighted by molar-refractivity contribution is -0.158. The zero-order chi connectivity index (χ0) is 27.8. The fraction of sp³-hybridized carbons (Fsp3) is 0.424. The van der Waals surface area contributed by atoms with E-state index in [1.807, 2.05) is 30.3 Å². The maximum atomic E-state index is 13.5. The Bertz CT molecular complexity index is 1250. The molecule has 2 aliphatic heterocycles. The molecule has 3 aromatic rings. The number of carboxylic acids is 1. The predicted octanol–water partition coefficient (Wildman–Crippen LogP) is 6.57. The van der Waals surface area contributed by atoms with Gasteiger partial charge >= 0.3 is 5.97 Å². The number of ether oxygens (including phenoxy) is 3. The van der Waals surface area contributed by atoms with E-state index in [2.05, 4.69) is 29.2 Å². The number of benzene rings is 3. The molecule has 0 aromatic heterocycles. The highest BCUT2D eigenvalue weighted by Crippen LogP contribution is 2.36. The van der Waals surface area contributed by atoms with Crippen LogP contribution in [-0.4, -0.2) is 47.4 Å². The Morgan fingerprint density at radius 3 is 2.37 bits per heavy atom. The predicted molar refractivity (Wildman–Crippen MR) is 158 cm³/mol. The first-order valence-corrected chi connectivity index (χ1v) is 14.2. The number of piperidine rings is 1. The van der Waals surface area contributed by atoms with Crippen molar-refractivity contribution in [2.24, 2.45) is 0 Å². The molecule has 2 heterocycles. The molecule has 41 heavy (non-hydrogen) atoms. The second-order valence-corrected chi connectivity index (χ2v) is 11.0. The van der Waals surface area contributed by atoms with Crippen molar-refractivity contribution in [2.75, 3.05) is 19.7 Å². The van der Waals surface area contributed by atoms with Crippen molar-refractivity contribution in [3.05, 3.63) is 101 Å². The van der Waals surface area contributed by atoms with Gasteiger partial charge in [0.25, 0.3) is 0 Å². The van der Waals surface area contributed by atoms with E-state index in [1.54, 1.807) is 12.1 Å². The molecule has 5 rings (SSSR count). The second-order valence-electron chi connectivity index (χ2n) is 11.0. The number of likely N-dealkylation sites (tertiary alicyclic amines) is 1. The normalized spacial score (nSPS) is 18.5. The molecular formula is C33H39ClFNO5. The van der Waals surface area contributed by atoms with Gasteiger partial charge in [0.05, 0.1) is 18.3 Å². The summed E-state index contributed by atoms with van der Waals surface area (Å²) in [6.07, 6.45) is 4.57. The maximum Gasteiger partial charge on any atom is 0.303 e. The Labute approximate surface area is 247 Å². The first-order chi connectivity index (χ1) is 19.4. The Morgan fingerprint density at radius 2 is 1.66 bits per heavy atom. The number of aliphatic carboxylic acids is 1. The number of aryl methyl sites for hydroxylation is 1. The molecule has 1 spiro atoms. The van der Waals surface area contributed by atoms with Crippen LogP contribution in [0.2, 0.25) is 0 Å². The summed E-state index contributed by atoms with van der Waals surface area (Å²) in [6, 6.07) is 22.8. The number of rotatable bonds is 11. The highest BCUT2D eigenvalue weighted by molar-refractivity contribution is 5.85. The smallest absolute Gasteiger partial charge is 0.303 e. The van der Waals surface area contributed by atoms with Crippen molar-refractivity contribution >= 4 is 18.4 Å². The average molecular weight is 584 g/mol. The fourth-order valence-corrected chi connectivity index (χ4v) is 5.60. The van der Waals surface area contributed by atoms with Crippen LogP contribution in [0.5, 0.6) is 5.75 Å². The van der Waals surface area contributed by atoms with Crippen LogP contribution in [0.4, 0.5) is 4.39 Å². The molecule has 2 aliphatic rings. The zero-order valence-corrected chi connectivity index (χ0v) is 24.1. The summed E-state index contributed by atoms with van der Waals surface area (Å²) >= 11 is 0. The van der Waals surface area contributed by atoms with Crippen LogP contribution < -0.4 is 4.74 Å². The van der Waals surface area contributed by atoms with Crippen molar-refractivity contribution in [3.8, 4) is 5.75 Å². The summed E-state index contributed by atoms with van der Waals surface area (Å²) in [5, 5.41) is 8.82. The standard InChI is InChI=1S/C33H38FNO5.ClH/c34-29-3-1-2-28(20-29)24-39-31-14-19-40-33(21-31)15-17-35(18-16-33)22-26-4-6-27(7-5-26)23-38-30-11-8-25(9-12-30)10-13-32(36)37;/h1-9,11-12,20,31H,10,13-19,21-24H2,(H,36,37);1H. The van der Waals surface area contributed by atoms with Crippen LogP contribution in [0.15, 0.2) is 72.8 Å². The van der Waals surface area contributed by atoms with Gasteiger partial charge < -0.3 is 19.3 Å². The van der Waals surface area contributed by atoms with Gasteiger partial charge in [0.1, 0.15) is 18.2 Å². The summed E-state index contributed by atoms with van der Waals surface area (Å²) in [6.45, 7) is 4.53. The molecular weight excluding hydrogens is 545 g/mol. The van der Waals surface area contributed by atoms with Gasteiger partial charge in [-0.3, -0.25) is 9.69 Å². The van der Waals surface area contributed by atoms with E-state index in [1.165, 1.54) is 11.6 Å². The lowest BCUT2D eigenvalue weighted by Crippen LogP contribution is -2.50. The third-order valence-corrected chi connectivity index (χ3v) is 7.98. The highest BCUT2D eigenvalue weighted by Gasteiger charge is 2.40. The van der Waals surface area contributed by atoms with Gasteiger partial charge in [0, 0.05) is 39.1 Å². The third-order valence-electron chi connectivity index (χ3n) is 7.98. The maximum absolute atomic E-state index is 13.5. The van der Waals surface area contributed by atoms with E-state index in [9.17, 15) is 9.18 Å². The summed E-state index contributed by atoms with van der Waals surface area (Å²) in [7, 11) is 0. The molecule has 2 fully saturated rings. The van der Waals surface area contributed by atoms with Gasteiger partial charge in [-0.05, 0) is 72.2 Å². The fourth-order valence-electron chi connectivity index (χ4n) is 5.60. The molecule has 0 aliphatic carbocycles. The van der Waals surface area contributed by atoms with Crippen molar-refractivity contribution in [1.82, 2.24) is 4.90 Å². The Balaban J connectivity index is 0.00000387. The molecule has 220 valence electrons. The monoisotopic (exact) mass is 583 g/mol. The number of carboxylic acid groups (broad SMARTS) is 1. The lowest BCUT2D eigenvalue weighted by Gasteiger charge is -2.46. The molecule has 1 atom stereocenters. The third kappa shape index (κ3) is 9.27. The van der Waals surface area contributed by atoms with Crippen molar-refractivity contribution < 1.29 is 28.5 Å². The summed E-state index contributed by atoms with van der Waals surface area (Å²) in [4.78, 5) is 13.2. The largest absolute Gasteiger partial charge is 0.489 e. The van der Waals surface area contributed by atoms with Gasteiger partial charge in [0.15, 0.2) is 0 Å². The molecule has 0 radical (unpaired) electrons. The van der Waals surface area contributed by atoms with Gasteiger partial charge in [-0.2, -0.15) is 0 Å². The van der Waals surface area contributed by atoms with Crippen molar-refractivity contribution in [2.45, 2.75) is 70.0 Å². The van der Waals surface area contributed by atoms with E-state index >= 15 is 0 Å². The van der Waals surface area contributed by atoms with Crippen molar-refractivity contribution in [3.63, 3.8) is 0 Å². The second kappa shape index (κ2) is 14.8. The molecule has 0 bridgehead atoms. The molecule has 1 unspecified atom stereocenters. The lowest BCUT2D eigenvalue weighted by atomic mass is 9.83. The molecule has 0 saturated carbocycles. The van der Waals surface area contributed by atoms with Gasteiger partial charge in [-0.15, -0.1) is 12.4 Å². The van der Waals surface area contributed by atoms with Crippen molar-refractivity contribution in [1.29, 1.82) is 0 Å². The molecule has 8 heteroatoms. The van der Waals surface area contributed by atoms with Crippen LogP contribution in [0.25, 0.3) is 0 Å². The first-order valence-electron chi connectivity index (χ1n) is 14.2. The van der Waals surface area contributed by atoms with Crippen LogP contribution in [-0.2, 0) is 40.4 Å². The zero-order valence-electron chi connectivity index (χ0n) is 23.3. The van der Waals surface area contributed by atoms with E-state index in [4.69, 9.17) is 19.3 Å². The summed E-state index contributed by atoms with van der Waals surface area (Å²) in [5.41, 5.74) is 4.14. The Kier molecular flexibility index (Phi) is 11.2. The van der Waals surface area contributed by atoms with E-state index in [0.717, 1.165) is 67.8 Å². The molecule has 6 nitrogen and oxygen atoms in total. The Hall–Kier alpha value is -2.97. The SMILES string of the molecule is Cl.O=C(O)CCc1ccc(OCc2ccc(CN3CCC4(CC3)CC(OCc3cccc(F)c3)CCO4)cc2)cc1. The van der Waals surface area contributed by atoms with Crippen LogP contribution in [0.1, 0.15) is 54.4 Å². The van der Waals surface area contributed by atoms with Gasteiger partial charge in [-0.25, -0.2) is 4.39 Å². The quantitative estimate of drug-likeness (QED) is 0.275. The molecule has 3 aromatic carbocycles. The van der Waals surface area contributed by atoms with Gasteiger partial charge in [0.2, 0.25) is 0 Å². The topological polar surface area (TPSA) is 68.2 Å². The molecule has 0 amide bonds. The molecule has 2 saturated heterocycles. The van der Waals surface area contributed by atoms with Gasteiger partial charge in [-0.1, -0.05) is 48.5 Å². The number of nitrogens with zero attached hydrogens (tertiary/aromatic N) is 1.